The Morgan fingerprint density at radius 1 is 1.30 bits per heavy atom. The number of benzene rings is 1. The van der Waals surface area contributed by atoms with Crippen molar-refractivity contribution in [2.75, 3.05) is 19.8 Å². The summed E-state index contributed by atoms with van der Waals surface area (Å²) in [6.07, 6.45) is 1.62. The molecule has 0 aliphatic rings. The van der Waals surface area contributed by atoms with Crippen LogP contribution in [-0.4, -0.2) is 26.8 Å². The average molecular weight is 312 g/mol. The molecule has 1 aromatic carbocycles. The molecule has 0 radical (unpaired) electrons. The van der Waals surface area contributed by atoms with E-state index in [0.29, 0.717) is 11.4 Å². The van der Waals surface area contributed by atoms with Gasteiger partial charge in [0.1, 0.15) is 5.76 Å². The highest BCUT2D eigenvalue weighted by Crippen LogP contribution is 2.30. The van der Waals surface area contributed by atoms with Crippen molar-refractivity contribution in [1.29, 1.82) is 0 Å². The number of furan rings is 1. The molecular weight excluding hydrogens is 296 g/mol. The Labute approximate surface area is 122 Å². The number of rotatable bonds is 5. The molecule has 0 saturated carbocycles. The minimum atomic E-state index is -3.45. The van der Waals surface area contributed by atoms with E-state index in [4.69, 9.17) is 10.2 Å². The van der Waals surface area contributed by atoms with Crippen LogP contribution < -0.4 is 5.73 Å². The van der Waals surface area contributed by atoms with Gasteiger partial charge in [0, 0.05) is 24.7 Å². The summed E-state index contributed by atoms with van der Waals surface area (Å²) in [6, 6.07) is 8.48. The van der Waals surface area contributed by atoms with Crippen LogP contribution in [0.4, 0.5) is 5.69 Å². The summed E-state index contributed by atoms with van der Waals surface area (Å²) < 4.78 is 30.4. The third-order valence-corrected chi connectivity index (χ3v) is 5.63. The minimum Gasteiger partial charge on any atom is -0.468 e. The van der Waals surface area contributed by atoms with Gasteiger partial charge in [0.15, 0.2) is 0 Å². The summed E-state index contributed by atoms with van der Waals surface area (Å²) in [5.41, 5.74) is 6.37. The number of nitrogen functional groups attached to an aromatic ring is 1. The van der Waals surface area contributed by atoms with Crippen LogP contribution in [0, 0.1) is 0 Å². The van der Waals surface area contributed by atoms with Crippen LogP contribution in [0.15, 0.2) is 50.8 Å². The van der Waals surface area contributed by atoms with Gasteiger partial charge in [-0.3, -0.25) is 0 Å². The first-order chi connectivity index (χ1) is 9.41. The zero-order valence-corrected chi connectivity index (χ0v) is 12.9. The number of nitrogens with zero attached hydrogens (tertiary/aromatic N) is 1. The van der Waals surface area contributed by atoms with Crippen LogP contribution >= 0.6 is 11.8 Å². The highest BCUT2D eigenvalue weighted by molar-refractivity contribution is 7.98. The summed E-state index contributed by atoms with van der Waals surface area (Å²) in [6.45, 7) is 0. The zero-order chi connectivity index (χ0) is 14.8. The first-order valence-electron chi connectivity index (χ1n) is 5.88. The quantitative estimate of drug-likeness (QED) is 0.677. The van der Waals surface area contributed by atoms with Crippen LogP contribution in [0.3, 0.4) is 0 Å². The fourth-order valence-corrected chi connectivity index (χ4v) is 3.36. The zero-order valence-electron chi connectivity index (χ0n) is 11.2. The van der Waals surface area contributed by atoms with Gasteiger partial charge in [-0.2, -0.15) is 0 Å². The van der Waals surface area contributed by atoms with Crippen molar-refractivity contribution >= 4 is 27.5 Å². The molecule has 1 aromatic heterocycles. The van der Waals surface area contributed by atoms with Crippen molar-refractivity contribution in [1.82, 2.24) is 4.31 Å². The van der Waals surface area contributed by atoms with E-state index in [1.54, 1.807) is 18.4 Å². The molecule has 0 aliphatic carbocycles. The van der Waals surface area contributed by atoms with Crippen molar-refractivity contribution in [3.63, 3.8) is 0 Å². The van der Waals surface area contributed by atoms with Crippen LogP contribution in [0.2, 0.25) is 0 Å². The Hall–Kier alpha value is -1.44. The molecule has 20 heavy (non-hydrogen) atoms. The second kappa shape index (κ2) is 5.90. The second-order valence-corrected chi connectivity index (χ2v) is 7.52. The van der Waals surface area contributed by atoms with Gasteiger partial charge in [0.05, 0.1) is 16.9 Å². The molecule has 0 spiro atoms. The molecular formula is C13H16N2O3S2. The predicted molar refractivity (Wildman–Crippen MR) is 80.0 cm³/mol. The highest BCUT2D eigenvalue weighted by atomic mass is 32.2. The first kappa shape index (κ1) is 15.0. The number of thioether (sulfide) groups is 1. The van der Waals surface area contributed by atoms with Crippen LogP contribution in [0.1, 0.15) is 5.76 Å². The molecule has 7 heteroatoms. The third-order valence-electron chi connectivity index (χ3n) is 2.71. The number of hydrogen-bond donors (Lipinski definition) is 1. The van der Waals surface area contributed by atoms with E-state index in [9.17, 15) is 8.42 Å². The molecule has 0 saturated heterocycles. The van der Waals surface area contributed by atoms with E-state index in [-0.39, 0.29) is 4.90 Å². The second-order valence-electron chi connectivity index (χ2n) is 4.36. The summed E-state index contributed by atoms with van der Waals surface area (Å²) in [5.74, 6) is 1.50. The average Bonchev–Trinajstić information content (AvgIpc) is 2.90. The molecule has 2 N–H and O–H groups in total. The van der Waals surface area contributed by atoms with Gasteiger partial charge >= 0.3 is 0 Å². The van der Waals surface area contributed by atoms with Crippen LogP contribution in [-0.2, 0) is 15.8 Å². The van der Waals surface area contributed by atoms with E-state index in [1.165, 1.54) is 31.9 Å². The van der Waals surface area contributed by atoms with Crippen molar-refractivity contribution in [2.45, 2.75) is 15.5 Å². The lowest BCUT2D eigenvalue weighted by Gasteiger charge is -2.13. The first-order valence-corrected chi connectivity index (χ1v) is 8.31. The molecule has 0 fully saturated rings. The summed E-state index contributed by atoms with van der Waals surface area (Å²) in [5, 5.41) is 0. The van der Waals surface area contributed by atoms with Gasteiger partial charge in [-0.05, 0) is 30.3 Å². The summed E-state index contributed by atoms with van der Waals surface area (Å²) in [4.78, 5) is 1.03. The topological polar surface area (TPSA) is 76.5 Å². The normalized spacial score (nSPS) is 11.9. The molecule has 2 aromatic rings. The van der Waals surface area contributed by atoms with Gasteiger partial charge in [0.2, 0.25) is 10.0 Å². The number of hydrogen-bond acceptors (Lipinski definition) is 5. The molecule has 2 rings (SSSR count). The summed E-state index contributed by atoms with van der Waals surface area (Å²) >= 11 is 1.51. The van der Waals surface area contributed by atoms with Gasteiger partial charge in [-0.25, -0.2) is 12.7 Å². The third kappa shape index (κ3) is 3.17. The highest BCUT2D eigenvalue weighted by Gasteiger charge is 2.18. The molecule has 0 unspecified atom stereocenters. The van der Waals surface area contributed by atoms with E-state index < -0.39 is 10.0 Å². The Morgan fingerprint density at radius 3 is 2.60 bits per heavy atom. The Kier molecular flexibility index (Phi) is 4.42. The number of nitrogens with two attached hydrogens (primary N) is 1. The Morgan fingerprint density at radius 2 is 2.05 bits per heavy atom. The van der Waals surface area contributed by atoms with E-state index >= 15 is 0 Å². The molecule has 0 atom stereocenters. The maximum absolute atomic E-state index is 12.0. The fourth-order valence-electron chi connectivity index (χ4n) is 1.57. The lowest BCUT2D eigenvalue weighted by atomic mass is 10.3. The molecule has 108 valence electrons. The van der Waals surface area contributed by atoms with Crippen LogP contribution in [0.25, 0.3) is 0 Å². The Bertz CT molecular complexity index is 680. The van der Waals surface area contributed by atoms with Crippen molar-refractivity contribution in [3.8, 4) is 0 Å². The summed E-state index contributed by atoms with van der Waals surface area (Å²) in [7, 11) is -0.466. The van der Waals surface area contributed by atoms with E-state index in [0.717, 1.165) is 15.0 Å². The van der Waals surface area contributed by atoms with E-state index in [2.05, 4.69) is 0 Å². The lowest BCUT2D eigenvalue weighted by Crippen LogP contribution is -2.22. The van der Waals surface area contributed by atoms with Crippen molar-refractivity contribution in [2.24, 2.45) is 0 Å². The standard InChI is InChI=1S/C13H16N2O3S2/c1-15(2)20(16,17)11-5-6-13(12(14)8-11)19-9-10-4-3-7-18-10/h3-8H,9,14H2,1-2H3. The van der Waals surface area contributed by atoms with Gasteiger partial charge < -0.3 is 10.2 Å². The lowest BCUT2D eigenvalue weighted by molar-refractivity contribution is 0.520. The smallest absolute Gasteiger partial charge is 0.242 e. The van der Waals surface area contributed by atoms with Crippen LogP contribution in [0.5, 0.6) is 0 Å². The van der Waals surface area contributed by atoms with Gasteiger partial charge in [-0.15, -0.1) is 11.8 Å². The number of anilines is 1. The van der Waals surface area contributed by atoms with Gasteiger partial charge in [-0.1, -0.05) is 0 Å². The SMILES string of the molecule is CN(C)S(=O)(=O)c1ccc(SCc2ccco2)c(N)c1. The molecule has 0 aliphatic heterocycles. The monoisotopic (exact) mass is 312 g/mol. The minimum absolute atomic E-state index is 0.197. The Balaban J connectivity index is 2.18. The predicted octanol–water partition coefficient (Wildman–Crippen LogP) is 2.40. The maximum atomic E-state index is 12.0. The molecule has 1 heterocycles. The number of sulfonamides is 1. The van der Waals surface area contributed by atoms with Gasteiger partial charge in [0.25, 0.3) is 0 Å². The molecule has 0 amide bonds. The van der Waals surface area contributed by atoms with E-state index in [1.807, 2.05) is 12.1 Å². The molecule has 0 bridgehead atoms. The van der Waals surface area contributed by atoms with Crippen molar-refractivity contribution < 1.29 is 12.8 Å². The van der Waals surface area contributed by atoms with Crippen molar-refractivity contribution in [3.05, 3.63) is 42.4 Å². The molecule has 5 nitrogen and oxygen atoms in total. The largest absolute Gasteiger partial charge is 0.468 e. The maximum Gasteiger partial charge on any atom is 0.242 e. The fraction of sp³-hybridized carbons (Fsp3) is 0.231.